The molecule has 0 bridgehead atoms. The zero-order valence-corrected chi connectivity index (χ0v) is 71.1. The molecule has 14 aromatic carbocycles. The highest BCUT2D eigenvalue weighted by Gasteiger charge is 2.23. The van der Waals surface area contributed by atoms with Gasteiger partial charge in [0.2, 0.25) is 0 Å². The third-order valence-corrected chi connectivity index (χ3v) is 23.0. The van der Waals surface area contributed by atoms with E-state index in [4.69, 9.17) is 0 Å². The highest BCUT2D eigenvalue weighted by atomic mass is 14.3. The first-order valence-corrected chi connectivity index (χ1v) is 41.3. The molecule has 0 spiro atoms. The second kappa shape index (κ2) is 32.7. The molecule has 574 valence electrons. The molecule has 0 aliphatic rings. The van der Waals surface area contributed by atoms with Crippen molar-refractivity contribution < 1.29 is 0 Å². The van der Waals surface area contributed by atoms with Gasteiger partial charge in [-0.2, -0.15) is 0 Å². The van der Waals surface area contributed by atoms with Crippen molar-refractivity contribution in [3.63, 3.8) is 0 Å². The van der Waals surface area contributed by atoms with Gasteiger partial charge in [-0.25, -0.2) is 0 Å². The number of rotatable bonds is 17. The first kappa shape index (κ1) is 79.9. The maximum atomic E-state index is 2.35. The van der Waals surface area contributed by atoms with Crippen LogP contribution >= 0.6 is 0 Å². The quantitative estimate of drug-likeness (QED) is 0.0630. The summed E-state index contributed by atoms with van der Waals surface area (Å²) in [6.45, 7) is 41.0. The van der Waals surface area contributed by atoms with Crippen molar-refractivity contribution in [3.8, 4) is 89.0 Å². The van der Waals surface area contributed by atoms with Gasteiger partial charge in [0.25, 0.3) is 0 Å². The van der Waals surface area contributed by atoms with Crippen molar-refractivity contribution in [2.24, 2.45) is 0 Å². The van der Waals surface area contributed by atoms with Crippen LogP contribution in [0.3, 0.4) is 0 Å². The second-order valence-electron chi connectivity index (χ2n) is 38.1. The molecule has 0 heterocycles. The predicted molar refractivity (Wildman–Crippen MR) is 502 cm³/mol. The van der Waals surface area contributed by atoms with Crippen LogP contribution in [0.4, 0.5) is 0 Å². The van der Waals surface area contributed by atoms with Crippen LogP contribution in [0.2, 0.25) is 0 Å². The van der Waals surface area contributed by atoms with Crippen LogP contribution < -0.4 is 0 Å². The molecule has 115 heavy (non-hydrogen) atoms. The highest BCUT2D eigenvalue weighted by Crippen LogP contribution is 2.41. The summed E-state index contributed by atoms with van der Waals surface area (Å²) in [7, 11) is 0. The SMILES string of the molecule is CC(C)(C)c1ccc(-c2cc(C=Cc3ccc(C(c4ccc(C=Cc5ccc(-c6cc(-c7ccc(C(C)(C)C)cc7)cc(-c7ccc(C(C)(C)C)cc7)c6)cc5)cc4)c4ccc(C=Cc5ccc(-c6cc(-c7ccc(C(C)(C)C)cc7)cc(-c7ccc(C(C)(C)C)cc7)c6)cc5)cc4)cc3)cc(-c3ccc(C(C)(C)C)cc3)c2)cc1. The molecule has 0 saturated heterocycles. The normalized spacial score (nSPS) is 12.8. The summed E-state index contributed by atoms with van der Waals surface area (Å²) in [6, 6.07) is 122. The van der Waals surface area contributed by atoms with E-state index in [1.54, 1.807) is 0 Å². The molecular weight excluding hydrogens is 1380 g/mol. The first-order valence-electron chi connectivity index (χ1n) is 41.3. The maximum Gasteiger partial charge on any atom is 0.0340 e. The van der Waals surface area contributed by atoms with Gasteiger partial charge in [-0.15, -0.1) is 0 Å². The summed E-state index contributed by atoms with van der Waals surface area (Å²) < 4.78 is 0. The molecular formula is C115H114. The third kappa shape index (κ3) is 19.6. The largest absolute Gasteiger partial charge is 0.0579 e. The van der Waals surface area contributed by atoms with Crippen molar-refractivity contribution in [1.29, 1.82) is 0 Å². The van der Waals surface area contributed by atoms with Crippen LogP contribution in [0.15, 0.2) is 322 Å². The van der Waals surface area contributed by atoms with Gasteiger partial charge < -0.3 is 0 Å². The molecule has 0 saturated carbocycles. The molecule has 0 amide bonds. The van der Waals surface area contributed by atoms with E-state index in [0.29, 0.717) is 0 Å². The summed E-state index contributed by atoms with van der Waals surface area (Å²) >= 11 is 0. The van der Waals surface area contributed by atoms with Gasteiger partial charge >= 0.3 is 0 Å². The summed E-state index contributed by atoms with van der Waals surface area (Å²) in [4.78, 5) is 0. The van der Waals surface area contributed by atoms with Crippen LogP contribution in [0.5, 0.6) is 0 Å². The van der Waals surface area contributed by atoms with Crippen molar-refractivity contribution in [3.05, 3.63) is 405 Å². The lowest BCUT2D eigenvalue weighted by molar-refractivity contribution is 0.590. The summed E-state index contributed by atoms with van der Waals surface area (Å²) in [5, 5.41) is 0. The van der Waals surface area contributed by atoms with Crippen molar-refractivity contribution in [2.75, 3.05) is 0 Å². The Morgan fingerprint density at radius 1 is 0.139 bits per heavy atom. The van der Waals surface area contributed by atoms with Crippen molar-refractivity contribution in [1.82, 2.24) is 0 Å². The van der Waals surface area contributed by atoms with Gasteiger partial charge in [0.15, 0.2) is 0 Å². The lowest BCUT2D eigenvalue weighted by Gasteiger charge is -2.20. The summed E-state index contributed by atoms with van der Waals surface area (Å²) in [5.74, 6) is -0.0165. The molecule has 14 rings (SSSR count). The van der Waals surface area contributed by atoms with Gasteiger partial charge in [0.1, 0.15) is 0 Å². The molecule has 0 nitrogen and oxygen atoms in total. The Morgan fingerprint density at radius 3 is 0.426 bits per heavy atom. The monoisotopic (exact) mass is 1490 g/mol. The van der Waals surface area contributed by atoms with Gasteiger partial charge in [-0.1, -0.05) is 428 Å². The third-order valence-electron chi connectivity index (χ3n) is 23.0. The Morgan fingerprint density at radius 2 is 0.270 bits per heavy atom. The van der Waals surface area contributed by atoms with E-state index in [9.17, 15) is 0 Å². The predicted octanol–water partition coefficient (Wildman–Crippen LogP) is 32.5. The topological polar surface area (TPSA) is 0 Å². The molecule has 0 atom stereocenters. The van der Waals surface area contributed by atoms with E-state index in [-0.39, 0.29) is 38.4 Å². The van der Waals surface area contributed by atoms with E-state index in [1.165, 1.54) is 139 Å². The minimum absolute atomic E-state index is 0.0165. The van der Waals surface area contributed by atoms with Gasteiger partial charge in [-0.05, 0) is 260 Å². The average Bonchev–Trinajstić information content (AvgIpc) is 0.798. The van der Waals surface area contributed by atoms with Crippen molar-refractivity contribution in [2.45, 2.75) is 163 Å². The highest BCUT2D eigenvalue weighted by molar-refractivity contribution is 5.86. The molecule has 0 heteroatoms. The van der Waals surface area contributed by atoms with Crippen LogP contribution in [-0.2, 0) is 32.5 Å². The second-order valence-corrected chi connectivity index (χ2v) is 38.1. The van der Waals surface area contributed by atoms with E-state index in [2.05, 4.69) is 483 Å². The lowest BCUT2D eigenvalue weighted by Crippen LogP contribution is -2.10. The fraction of sp³-hybridized carbons (Fsp3) is 0.217. The molecule has 0 aliphatic heterocycles. The Kier molecular flexibility index (Phi) is 22.7. The Hall–Kier alpha value is -11.7. The zero-order valence-electron chi connectivity index (χ0n) is 71.1. The van der Waals surface area contributed by atoms with E-state index < -0.39 is 0 Å². The smallest absolute Gasteiger partial charge is 0.0340 e. The minimum atomic E-state index is -0.0165. The molecule has 0 unspecified atom stereocenters. The standard InChI is InChI=1S/C115H114/c1-110(2,3)103-57-45-86(46-58-103)95-69-83(70-96(71-95)87-47-59-104(60-48-87)111(4,5)6)24-23-82-33-43-94(44-34-82)109(92-39-29-80(30-40-92)21-19-78-25-35-84(36-26-78)97-72-99(88-49-61-105(62-50-88)112(7,8)9)76-100(73-97)89-51-63-106(64-52-89)113(10,11)12)93-41-31-81(32-42-93)22-20-79-27-37-85(38-28-79)98-74-101(90-53-65-107(66-54-90)114(13,14)15)77-102(75-98)91-55-67-108(68-56-91)115(16,17)18/h19-77,109H,1-18H3. The van der Waals surface area contributed by atoms with E-state index in [1.807, 2.05) is 0 Å². The Balaban J connectivity index is 0.747. The molecule has 0 aromatic heterocycles. The van der Waals surface area contributed by atoms with Gasteiger partial charge in [0.05, 0.1) is 0 Å². The molecule has 14 aromatic rings. The Labute approximate surface area is 688 Å². The minimum Gasteiger partial charge on any atom is -0.0579 e. The molecule has 0 radical (unpaired) electrons. The molecule has 0 aliphatic carbocycles. The van der Waals surface area contributed by atoms with E-state index >= 15 is 0 Å². The first-order chi connectivity index (χ1) is 54.7. The van der Waals surface area contributed by atoms with Crippen LogP contribution in [0.1, 0.15) is 214 Å². The van der Waals surface area contributed by atoms with Crippen LogP contribution in [-0.4, -0.2) is 0 Å². The fourth-order valence-corrected chi connectivity index (χ4v) is 15.4. The van der Waals surface area contributed by atoms with Gasteiger partial charge in [0, 0.05) is 5.92 Å². The average molecular weight is 1500 g/mol. The fourth-order valence-electron chi connectivity index (χ4n) is 15.4. The molecule has 0 N–H and O–H groups in total. The van der Waals surface area contributed by atoms with E-state index in [0.717, 1.165) is 33.4 Å². The number of benzene rings is 14. The number of hydrogen-bond acceptors (Lipinski definition) is 0. The number of hydrogen-bond donors (Lipinski definition) is 0. The summed E-state index contributed by atoms with van der Waals surface area (Å²) in [5.41, 5.74) is 38.4. The Bertz CT molecular complexity index is 5290. The molecule has 0 fully saturated rings. The maximum absolute atomic E-state index is 2.35. The van der Waals surface area contributed by atoms with Crippen molar-refractivity contribution >= 4 is 36.5 Å². The van der Waals surface area contributed by atoms with Crippen LogP contribution in [0, 0.1) is 0 Å². The van der Waals surface area contributed by atoms with Gasteiger partial charge in [-0.3, -0.25) is 0 Å². The zero-order chi connectivity index (χ0) is 81.2. The summed E-state index contributed by atoms with van der Waals surface area (Å²) in [6.07, 6.45) is 13.5. The van der Waals surface area contributed by atoms with Crippen LogP contribution in [0.25, 0.3) is 125 Å². The lowest BCUT2D eigenvalue weighted by atomic mass is 9.84.